The van der Waals surface area contributed by atoms with E-state index in [0.717, 1.165) is 18.3 Å². The molecule has 2 saturated heterocycles. The Morgan fingerprint density at radius 1 is 0.870 bits per heavy atom. The lowest BCUT2D eigenvalue weighted by Crippen LogP contribution is -2.37. The Bertz CT molecular complexity index is 335. The van der Waals surface area contributed by atoms with Crippen LogP contribution in [0, 0.1) is 0 Å². The van der Waals surface area contributed by atoms with E-state index in [4.69, 9.17) is 0 Å². The Morgan fingerprint density at radius 3 is 1.78 bits per heavy atom. The molecule has 0 N–H and O–H groups in total. The number of nitrogens with zero attached hydrogens (tertiary/aromatic N) is 2. The van der Waals surface area contributed by atoms with Crippen LogP contribution in [0.25, 0.3) is 0 Å². The highest BCUT2D eigenvalue weighted by molar-refractivity contribution is 7.52. The van der Waals surface area contributed by atoms with Crippen LogP contribution in [0.2, 0.25) is 43.1 Å². The van der Waals surface area contributed by atoms with Crippen LogP contribution < -0.4 is 0 Å². The van der Waals surface area contributed by atoms with Gasteiger partial charge in [0.05, 0.1) is 14.2 Å². The van der Waals surface area contributed by atoms with E-state index in [1.54, 1.807) is 38.0 Å². The fraction of sp³-hybridized carbons (Fsp3) is 1.00. The van der Waals surface area contributed by atoms with Gasteiger partial charge in [-0.2, -0.15) is 9.34 Å². The molecule has 2 aliphatic rings. The van der Waals surface area contributed by atoms with Gasteiger partial charge in [0.25, 0.3) is 0 Å². The summed E-state index contributed by atoms with van der Waals surface area (Å²) in [4.78, 5) is 0. The van der Waals surface area contributed by atoms with Crippen LogP contribution in [0.5, 0.6) is 0 Å². The Morgan fingerprint density at radius 2 is 1.35 bits per heavy atom. The van der Waals surface area contributed by atoms with Crippen LogP contribution in [0.3, 0.4) is 0 Å². The average molecular weight is 355 g/mol. The topological polar surface area (TPSA) is 6.48 Å². The Hall–Kier alpha value is 0.632. The van der Waals surface area contributed by atoms with Crippen LogP contribution in [0.15, 0.2) is 0 Å². The molecule has 0 aromatic carbocycles. The molecule has 0 atom stereocenters. The molecular weight excluding hydrogens is 314 g/mol. The Kier molecular flexibility index (Phi) is 7.66. The third-order valence-electron chi connectivity index (χ3n) is 6.72. The predicted octanol–water partition coefficient (Wildman–Crippen LogP) is 5.47. The van der Waals surface area contributed by atoms with E-state index in [-0.39, 0.29) is 0 Å². The fourth-order valence-corrected chi connectivity index (χ4v) is 11.9. The lowest BCUT2D eigenvalue weighted by Gasteiger charge is -2.41. The monoisotopic (exact) mass is 355 g/mol. The van der Waals surface area contributed by atoms with E-state index < -0.39 is 16.3 Å². The third kappa shape index (κ3) is 5.84. The van der Waals surface area contributed by atoms with Crippen molar-refractivity contribution in [2.24, 2.45) is 0 Å². The molecule has 0 aromatic rings. The highest BCUT2D eigenvalue weighted by Gasteiger charge is 2.39. The van der Waals surface area contributed by atoms with Crippen molar-refractivity contribution in [3.8, 4) is 0 Å². The average Bonchev–Trinajstić information content (AvgIpc) is 2.44. The van der Waals surface area contributed by atoms with Gasteiger partial charge < -0.3 is 0 Å². The van der Waals surface area contributed by atoms with E-state index in [0.29, 0.717) is 0 Å². The van der Waals surface area contributed by atoms with Gasteiger partial charge in [-0.25, -0.2) is 0 Å². The van der Waals surface area contributed by atoms with Crippen molar-refractivity contribution in [2.75, 3.05) is 34.4 Å². The van der Waals surface area contributed by atoms with Crippen molar-refractivity contribution in [1.82, 2.24) is 9.34 Å². The summed E-state index contributed by atoms with van der Waals surface area (Å²) in [5, 5.41) is 0. The summed E-state index contributed by atoms with van der Waals surface area (Å²) in [5.74, 6) is 2.21. The van der Waals surface area contributed by atoms with E-state index in [1.165, 1.54) is 25.0 Å². The maximum Gasteiger partial charge on any atom is 0.146 e. The number of rotatable bonds is 8. The Labute approximate surface area is 148 Å². The summed E-state index contributed by atoms with van der Waals surface area (Å²) in [6, 6.07) is 3.11. The summed E-state index contributed by atoms with van der Waals surface area (Å²) in [5.41, 5.74) is 0. The molecule has 5 heteroatoms. The van der Waals surface area contributed by atoms with Crippen molar-refractivity contribution in [3.05, 3.63) is 0 Å². The van der Waals surface area contributed by atoms with Crippen molar-refractivity contribution in [2.45, 2.75) is 81.7 Å². The molecule has 2 rings (SSSR count). The molecule has 2 nitrogen and oxygen atoms in total. The second-order valence-electron chi connectivity index (χ2n) is 9.45. The van der Waals surface area contributed by atoms with Gasteiger partial charge in [-0.05, 0) is 6.04 Å². The zero-order valence-electron chi connectivity index (χ0n) is 16.7. The van der Waals surface area contributed by atoms with Crippen LogP contribution in [-0.4, -0.2) is 58.5 Å². The zero-order chi connectivity index (χ0) is 17.0. The smallest absolute Gasteiger partial charge is 0.146 e. The molecule has 2 heterocycles. The molecule has 0 radical (unpaired) electrons. The second kappa shape index (κ2) is 8.83. The SMILES string of the molecule is CN(C)[PH+](CC[Si](C)(C)CCB1C2CCCC1CCC2)N(C)C. The van der Waals surface area contributed by atoms with Gasteiger partial charge in [0.1, 0.15) is 14.9 Å². The minimum Gasteiger partial charge on any atom is -0.172 e. The minimum atomic E-state index is -1.02. The minimum absolute atomic E-state index is 0.467. The molecule has 0 amide bonds. The first kappa shape index (κ1) is 20.0. The lowest BCUT2D eigenvalue weighted by atomic mass is 9.26. The number of fused-ring (bicyclic) bond motifs is 2. The second-order valence-corrected chi connectivity index (χ2v) is 17.9. The maximum atomic E-state index is 2.66. The maximum absolute atomic E-state index is 2.66. The summed E-state index contributed by atoms with van der Waals surface area (Å²) in [6.07, 6.45) is 12.3. The summed E-state index contributed by atoms with van der Waals surface area (Å²) in [6.45, 7) is 6.43. The van der Waals surface area contributed by atoms with Gasteiger partial charge in [0.2, 0.25) is 0 Å². The lowest BCUT2D eigenvalue weighted by molar-refractivity contribution is 0.442. The first-order valence-electron chi connectivity index (χ1n) is 10.0. The highest BCUT2D eigenvalue weighted by atomic mass is 31.1. The van der Waals surface area contributed by atoms with Gasteiger partial charge in [-0.1, -0.05) is 75.6 Å². The van der Waals surface area contributed by atoms with Gasteiger partial charge >= 0.3 is 0 Å². The van der Waals surface area contributed by atoms with Crippen molar-refractivity contribution in [1.29, 1.82) is 0 Å². The molecule has 23 heavy (non-hydrogen) atoms. The molecule has 2 bridgehead atoms. The summed E-state index contributed by atoms with van der Waals surface area (Å²) < 4.78 is 4.97. The van der Waals surface area contributed by atoms with Gasteiger partial charge in [-0.15, -0.1) is 0 Å². The summed E-state index contributed by atoms with van der Waals surface area (Å²) >= 11 is 0. The molecule has 2 aliphatic heterocycles. The van der Waals surface area contributed by atoms with E-state index in [9.17, 15) is 0 Å². The zero-order valence-corrected chi connectivity index (χ0v) is 18.7. The quantitative estimate of drug-likeness (QED) is 0.421. The molecule has 2 fully saturated rings. The summed E-state index contributed by atoms with van der Waals surface area (Å²) in [7, 11) is 7.60. The third-order valence-corrected chi connectivity index (χ3v) is 13.2. The molecule has 0 unspecified atom stereocenters. The standard InChI is InChI=1S/C18H40BN2PSi/c1-20(2)22(21(3)4)14-16-23(5,6)15-13-19-17-9-7-10-18(19)12-8-11-17/h17-18H,7-16H2,1-6H3/p+1. The molecule has 0 spiro atoms. The first-order chi connectivity index (χ1) is 10.8. The molecule has 134 valence electrons. The van der Waals surface area contributed by atoms with E-state index >= 15 is 0 Å². The fourth-order valence-electron chi connectivity index (χ4n) is 5.27. The van der Waals surface area contributed by atoms with Crippen molar-refractivity contribution in [3.63, 3.8) is 0 Å². The molecule has 0 aromatic heterocycles. The van der Waals surface area contributed by atoms with Crippen LogP contribution >= 0.6 is 8.22 Å². The molecule has 0 saturated carbocycles. The number of hydrogen-bond donors (Lipinski definition) is 0. The van der Waals surface area contributed by atoms with E-state index in [1.807, 2.05) is 0 Å². The van der Waals surface area contributed by atoms with Crippen LogP contribution in [0.1, 0.15) is 38.5 Å². The van der Waals surface area contributed by atoms with Gasteiger partial charge in [0.15, 0.2) is 0 Å². The van der Waals surface area contributed by atoms with Crippen molar-refractivity contribution < 1.29 is 0 Å². The largest absolute Gasteiger partial charge is 0.172 e. The predicted molar refractivity (Wildman–Crippen MR) is 113 cm³/mol. The van der Waals surface area contributed by atoms with Gasteiger partial charge in [-0.3, -0.25) is 0 Å². The normalized spacial score (nSPS) is 25.7. The highest BCUT2D eigenvalue weighted by Crippen LogP contribution is 2.49. The van der Waals surface area contributed by atoms with Crippen LogP contribution in [0.4, 0.5) is 0 Å². The first-order valence-corrected chi connectivity index (χ1v) is 15.0. The van der Waals surface area contributed by atoms with Gasteiger partial charge in [0, 0.05) is 28.2 Å². The molecule has 0 aliphatic carbocycles. The van der Waals surface area contributed by atoms with Crippen LogP contribution in [-0.2, 0) is 0 Å². The Balaban J connectivity index is 1.81. The molecular formula is C18H41BN2PSi+. The number of hydrogen-bond acceptors (Lipinski definition) is 2. The van der Waals surface area contributed by atoms with E-state index in [2.05, 4.69) is 50.6 Å². The van der Waals surface area contributed by atoms with Crippen molar-refractivity contribution >= 4 is 23.0 Å².